The lowest BCUT2D eigenvalue weighted by Crippen LogP contribution is -2.17. The Morgan fingerprint density at radius 3 is 2.60 bits per heavy atom. The number of aromatic nitrogens is 2. The minimum Gasteiger partial charge on any atom is -0.456 e. The van der Waals surface area contributed by atoms with E-state index in [9.17, 15) is 22.4 Å². The van der Waals surface area contributed by atoms with E-state index in [0.717, 1.165) is 6.07 Å². The molecule has 0 unspecified atom stereocenters. The van der Waals surface area contributed by atoms with E-state index in [0.29, 0.717) is 35.6 Å². The van der Waals surface area contributed by atoms with E-state index < -0.39 is 23.5 Å². The van der Waals surface area contributed by atoms with Crippen LogP contribution in [0.2, 0.25) is 0 Å². The van der Waals surface area contributed by atoms with Crippen LogP contribution in [-0.2, 0) is 6.18 Å². The van der Waals surface area contributed by atoms with Gasteiger partial charge in [-0.15, -0.1) is 0 Å². The van der Waals surface area contributed by atoms with Gasteiger partial charge in [0.15, 0.2) is 0 Å². The molecule has 10 heteroatoms. The standard InChI is InChI=1S/C25H20F4N4O2/c1-13-8-15(26)4-6-20(13)35-21-10-17(14-2-3-14)19(25(27,28)29)9-18(21)24(34)32-16-5-7-23-31-11-22(30)33(23)12-16/h4-12,14H,2-3,30H2,1H3,(H,32,34). The second kappa shape index (κ2) is 8.30. The van der Waals surface area contributed by atoms with Crippen molar-refractivity contribution >= 4 is 23.1 Å². The SMILES string of the molecule is Cc1cc(F)ccc1Oc1cc(C2CC2)c(C(F)(F)F)cc1C(=O)Nc1ccc2ncc(N)n2c1. The van der Waals surface area contributed by atoms with Crippen LogP contribution in [0.3, 0.4) is 0 Å². The summed E-state index contributed by atoms with van der Waals surface area (Å²) < 4.78 is 62.7. The van der Waals surface area contributed by atoms with Crippen LogP contribution >= 0.6 is 0 Å². The Labute approximate surface area is 197 Å². The average Bonchev–Trinajstić information content (AvgIpc) is 3.58. The number of carbonyl (C=O) groups is 1. The van der Waals surface area contributed by atoms with Gasteiger partial charge in [0.1, 0.15) is 28.8 Å². The molecule has 3 N–H and O–H groups in total. The molecule has 5 rings (SSSR count). The van der Waals surface area contributed by atoms with Crippen molar-refractivity contribution in [2.45, 2.75) is 31.9 Å². The molecule has 0 saturated heterocycles. The topological polar surface area (TPSA) is 81.6 Å². The Hall–Kier alpha value is -4.08. The third kappa shape index (κ3) is 4.51. The minimum atomic E-state index is -4.65. The molecule has 0 spiro atoms. The number of halogens is 4. The maximum absolute atomic E-state index is 13.9. The Balaban J connectivity index is 1.58. The van der Waals surface area contributed by atoms with Crippen LogP contribution in [0.25, 0.3) is 5.65 Å². The number of alkyl halides is 3. The van der Waals surface area contributed by atoms with Crippen molar-refractivity contribution in [3.8, 4) is 11.5 Å². The molecule has 0 radical (unpaired) electrons. The fourth-order valence-corrected chi connectivity index (χ4v) is 3.95. The van der Waals surface area contributed by atoms with E-state index in [1.807, 2.05) is 0 Å². The number of hydrogen-bond acceptors (Lipinski definition) is 4. The molecule has 0 bridgehead atoms. The van der Waals surface area contributed by atoms with Gasteiger partial charge in [0.25, 0.3) is 5.91 Å². The summed E-state index contributed by atoms with van der Waals surface area (Å²) in [7, 11) is 0. The summed E-state index contributed by atoms with van der Waals surface area (Å²) >= 11 is 0. The summed E-state index contributed by atoms with van der Waals surface area (Å²) in [5.41, 5.74) is 6.05. The molecule has 2 aromatic carbocycles. The van der Waals surface area contributed by atoms with Crippen molar-refractivity contribution < 1.29 is 27.1 Å². The van der Waals surface area contributed by atoms with Crippen LogP contribution in [0, 0.1) is 12.7 Å². The Morgan fingerprint density at radius 1 is 1.14 bits per heavy atom. The third-order valence-corrected chi connectivity index (χ3v) is 5.87. The lowest BCUT2D eigenvalue weighted by molar-refractivity contribution is -0.138. The summed E-state index contributed by atoms with van der Waals surface area (Å²) in [6.07, 6.45) is -0.443. The molecule has 2 heterocycles. The number of rotatable bonds is 5. The highest BCUT2D eigenvalue weighted by atomic mass is 19.4. The Bertz CT molecular complexity index is 1460. The van der Waals surface area contributed by atoms with Gasteiger partial charge in [0, 0.05) is 6.20 Å². The number of hydrogen-bond donors (Lipinski definition) is 2. The number of fused-ring (bicyclic) bond motifs is 1. The molecule has 0 aliphatic heterocycles. The molecule has 1 aliphatic carbocycles. The van der Waals surface area contributed by atoms with E-state index in [1.54, 1.807) is 19.1 Å². The molecular formula is C25H20F4N4O2. The van der Waals surface area contributed by atoms with Gasteiger partial charge in [-0.1, -0.05) is 0 Å². The van der Waals surface area contributed by atoms with E-state index in [-0.39, 0.29) is 28.5 Å². The Kier molecular flexibility index (Phi) is 5.38. The second-order valence-electron chi connectivity index (χ2n) is 8.50. The molecule has 0 atom stereocenters. The summed E-state index contributed by atoms with van der Waals surface area (Å²) in [6, 6.07) is 9.06. The monoisotopic (exact) mass is 484 g/mol. The zero-order chi connectivity index (χ0) is 24.9. The normalized spacial score (nSPS) is 13.7. The second-order valence-corrected chi connectivity index (χ2v) is 8.50. The molecule has 180 valence electrons. The number of nitrogens with one attached hydrogen (secondary N) is 1. The number of anilines is 2. The summed E-state index contributed by atoms with van der Waals surface area (Å²) in [6.45, 7) is 1.61. The molecule has 1 amide bonds. The molecule has 4 aromatic rings. The molecule has 2 aromatic heterocycles. The quantitative estimate of drug-likeness (QED) is 0.326. The zero-order valence-corrected chi connectivity index (χ0v) is 18.5. The highest BCUT2D eigenvalue weighted by Crippen LogP contribution is 2.48. The average molecular weight is 484 g/mol. The maximum Gasteiger partial charge on any atom is 0.416 e. The van der Waals surface area contributed by atoms with Gasteiger partial charge in [-0.3, -0.25) is 9.20 Å². The third-order valence-electron chi connectivity index (χ3n) is 5.87. The number of nitrogens with zero attached hydrogens (tertiary/aromatic N) is 2. The number of nitrogen functional groups attached to an aromatic ring is 1. The van der Waals surface area contributed by atoms with Gasteiger partial charge in [0.05, 0.1) is 23.0 Å². The molecule has 35 heavy (non-hydrogen) atoms. The van der Waals surface area contributed by atoms with Crippen LogP contribution in [0.4, 0.5) is 29.1 Å². The van der Waals surface area contributed by atoms with Crippen molar-refractivity contribution in [3.05, 3.63) is 82.9 Å². The van der Waals surface area contributed by atoms with Gasteiger partial charge in [0.2, 0.25) is 0 Å². The first-order chi connectivity index (χ1) is 16.6. The number of benzene rings is 2. The number of amides is 1. The van der Waals surface area contributed by atoms with Crippen LogP contribution in [0.1, 0.15) is 45.8 Å². The molecule has 6 nitrogen and oxygen atoms in total. The summed E-state index contributed by atoms with van der Waals surface area (Å²) in [5, 5.41) is 2.61. The number of imidazole rings is 1. The van der Waals surface area contributed by atoms with Crippen LogP contribution < -0.4 is 15.8 Å². The van der Waals surface area contributed by atoms with Crippen molar-refractivity contribution in [2.75, 3.05) is 11.1 Å². The first kappa shape index (κ1) is 22.7. The highest BCUT2D eigenvalue weighted by Gasteiger charge is 2.40. The number of aryl methyl sites for hydroxylation is 1. The number of pyridine rings is 1. The smallest absolute Gasteiger partial charge is 0.416 e. The van der Waals surface area contributed by atoms with Crippen LogP contribution in [-0.4, -0.2) is 15.3 Å². The van der Waals surface area contributed by atoms with E-state index in [2.05, 4.69) is 10.3 Å². The van der Waals surface area contributed by atoms with Crippen LogP contribution in [0.5, 0.6) is 11.5 Å². The summed E-state index contributed by atoms with van der Waals surface area (Å²) in [5.74, 6) is -1.02. The van der Waals surface area contributed by atoms with Gasteiger partial charge in [-0.2, -0.15) is 13.2 Å². The molecular weight excluding hydrogens is 464 g/mol. The largest absolute Gasteiger partial charge is 0.456 e. The van der Waals surface area contributed by atoms with Gasteiger partial charge in [-0.25, -0.2) is 9.37 Å². The van der Waals surface area contributed by atoms with E-state index in [1.165, 1.54) is 41.1 Å². The van der Waals surface area contributed by atoms with Gasteiger partial charge >= 0.3 is 6.18 Å². The predicted octanol–water partition coefficient (Wildman–Crippen LogP) is 6.30. The van der Waals surface area contributed by atoms with Crippen LogP contribution in [0.15, 0.2) is 54.9 Å². The lowest BCUT2D eigenvalue weighted by atomic mass is 9.98. The Morgan fingerprint density at radius 2 is 1.91 bits per heavy atom. The van der Waals surface area contributed by atoms with Crippen molar-refractivity contribution in [2.24, 2.45) is 0 Å². The summed E-state index contributed by atoms with van der Waals surface area (Å²) in [4.78, 5) is 17.3. The fourth-order valence-electron chi connectivity index (χ4n) is 3.95. The fraction of sp³-hybridized carbons (Fsp3) is 0.200. The predicted molar refractivity (Wildman–Crippen MR) is 122 cm³/mol. The first-order valence-corrected chi connectivity index (χ1v) is 10.8. The van der Waals surface area contributed by atoms with E-state index in [4.69, 9.17) is 10.5 Å². The zero-order valence-electron chi connectivity index (χ0n) is 18.5. The molecule has 1 saturated carbocycles. The molecule has 1 fully saturated rings. The van der Waals surface area contributed by atoms with Crippen molar-refractivity contribution in [1.82, 2.24) is 9.38 Å². The van der Waals surface area contributed by atoms with Gasteiger partial charge in [-0.05, 0) is 79.3 Å². The van der Waals surface area contributed by atoms with Crippen molar-refractivity contribution in [1.29, 1.82) is 0 Å². The minimum absolute atomic E-state index is 0.0460. The first-order valence-electron chi connectivity index (χ1n) is 10.8. The number of ether oxygens (including phenoxy) is 1. The number of carbonyl (C=O) groups excluding carboxylic acids is 1. The molecule has 1 aliphatic rings. The highest BCUT2D eigenvalue weighted by molar-refractivity contribution is 6.06. The van der Waals surface area contributed by atoms with Gasteiger partial charge < -0.3 is 15.8 Å². The number of nitrogens with two attached hydrogens (primary N) is 1. The lowest BCUT2D eigenvalue weighted by Gasteiger charge is -2.19. The van der Waals surface area contributed by atoms with Crippen molar-refractivity contribution in [3.63, 3.8) is 0 Å². The maximum atomic E-state index is 13.9. The van der Waals surface area contributed by atoms with E-state index >= 15 is 0 Å².